The molecule has 0 bridgehead atoms. The van der Waals surface area contributed by atoms with E-state index >= 15 is 0 Å². The molecule has 1 aromatic carbocycles. The van der Waals surface area contributed by atoms with Gasteiger partial charge in [0.1, 0.15) is 0 Å². The Hall–Kier alpha value is -1.18. The topological polar surface area (TPSA) is 38.1 Å². The second-order valence-corrected chi connectivity index (χ2v) is 8.74. The second kappa shape index (κ2) is 7.59. The van der Waals surface area contributed by atoms with Crippen LogP contribution in [0.15, 0.2) is 34.7 Å². The van der Waals surface area contributed by atoms with Gasteiger partial charge in [-0.3, -0.25) is 4.79 Å². The Balaban J connectivity index is 1.71. The predicted molar refractivity (Wildman–Crippen MR) is 98.0 cm³/mol. The van der Waals surface area contributed by atoms with E-state index in [4.69, 9.17) is 12.2 Å². The van der Waals surface area contributed by atoms with Crippen molar-refractivity contribution in [1.29, 1.82) is 0 Å². The van der Waals surface area contributed by atoms with Crippen molar-refractivity contribution < 1.29 is 4.79 Å². The zero-order valence-electron chi connectivity index (χ0n) is 13.0. The molecule has 1 atom stereocenters. The number of thioether (sulfide) groups is 1. The van der Waals surface area contributed by atoms with Crippen molar-refractivity contribution in [2.75, 3.05) is 13.1 Å². The Kier molecular flexibility index (Phi) is 5.50. The van der Waals surface area contributed by atoms with Gasteiger partial charge in [0.25, 0.3) is 0 Å². The van der Waals surface area contributed by atoms with Gasteiger partial charge in [0, 0.05) is 13.1 Å². The maximum atomic E-state index is 12.5. The molecule has 0 aliphatic carbocycles. The number of hydrogen-bond donors (Lipinski definition) is 0. The molecule has 4 nitrogen and oxygen atoms in total. The minimum atomic E-state index is -0.127. The molecule has 1 aliphatic rings. The van der Waals surface area contributed by atoms with Crippen molar-refractivity contribution in [1.82, 2.24) is 14.7 Å². The summed E-state index contributed by atoms with van der Waals surface area (Å²) in [4.78, 5) is 14.5. The fraction of sp³-hybridized carbons (Fsp3) is 0.438. The van der Waals surface area contributed by atoms with Crippen LogP contribution >= 0.6 is 35.3 Å². The molecule has 1 fully saturated rings. The molecule has 0 saturated carbocycles. The standard InChI is InChI=1S/C16H19N3OS3/c1-12(14(20)18-10-6-3-7-11-18)22-15-17-19(16(21)23-15)13-8-4-2-5-9-13/h2,4-5,8-9,12H,3,6-7,10-11H2,1H3. The first-order chi connectivity index (χ1) is 11.1. The van der Waals surface area contributed by atoms with Gasteiger partial charge in [-0.05, 0) is 50.5 Å². The smallest absolute Gasteiger partial charge is 0.235 e. The van der Waals surface area contributed by atoms with Crippen LogP contribution in [0.1, 0.15) is 26.2 Å². The summed E-state index contributed by atoms with van der Waals surface area (Å²) < 4.78 is 3.31. The van der Waals surface area contributed by atoms with Crippen LogP contribution in [0.25, 0.3) is 5.69 Å². The number of likely N-dealkylation sites (tertiary alicyclic amines) is 1. The number of piperidine rings is 1. The van der Waals surface area contributed by atoms with Crippen LogP contribution in [-0.4, -0.2) is 38.9 Å². The fourth-order valence-corrected chi connectivity index (χ4v) is 5.20. The molecule has 2 heterocycles. The average molecular weight is 366 g/mol. The number of carbonyl (C=O) groups is 1. The van der Waals surface area contributed by atoms with Crippen LogP contribution in [0.5, 0.6) is 0 Å². The Morgan fingerprint density at radius 2 is 1.96 bits per heavy atom. The van der Waals surface area contributed by atoms with Crippen molar-refractivity contribution >= 4 is 41.2 Å². The first-order valence-corrected chi connectivity index (χ1v) is 9.86. The van der Waals surface area contributed by atoms with Gasteiger partial charge < -0.3 is 4.90 Å². The van der Waals surface area contributed by atoms with Gasteiger partial charge in [-0.1, -0.05) is 41.3 Å². The third-order valence-electron chi connectivity index (χ3n) is 3.82. The highest BCUT2D eigenvalue weighted by molar-refractivity contribution is 8.02. The molecule has 7 heteroatoms. The maximum absolute atomic E-state index is 12.5. The molecule has 0 radical (unpaired) electrons. The summed E-state index contributed by atoms with van der Waals surface area (Å²) >= 11 is 8.37. The minimum Gasteiger partial charge on any atom is -0.342 e. The van der Waals surface area contributed by atoms with Crippen molar-refractivity contribution in [2.45, 2.75) is 35.8 Å². The molecule has 0 N–H and O–H groups in total. The Morgan fingerprint density at radius 3 is 2.65 bits per heavy atom. The van der Waals surface area contributed by atoms with Crippen LogP contribution < -0.4 is 0 Å². The van der Waals surface area contributed by atoms with E-state index in [2.05, 4.69) is 5.10 Å². The van der Waals surface area contributed by atoms with E-state index in [1.54, 1.807) is 4.68 Å². The van der Waals surface area contributed by atoms with Crippen molar-refractivity contribution in [3.8, 4) is 5.69 Å². The van der Waals surface area contributed by atoms with Gasteiger partial charge in [0.2, 0.25) is 5.91 Å². The molecule has 1 unspecified atom stereocenters. The molecular weight excluding hydrogens is 346 g/mol. The molecule has 2 aromatic rings. The van der Waals surface area contributed by atoms with E-state index in [0.717, 1.165) is 36.0 Å². The fourth-order valence-electron chi connectivity index (χ4n) is 2.61. The largest absolute Gasteiger partial charge is 0.342 e. The molecule has 3 rings (SSSR count). The highest BCUT2D eigenvalue weighted by atomic mass is 32.2. The summed E-state index contributed by atoms with van der Waals surface area (Å²) in [5.41, 5.74) is 0.954. The average Bonchev–Trinajstić information content (AvgIpc) is 2.96. The van der Waals surface area contributed by atoms with Gasteiger partial charge in [0.05, 0.1) is 10.9 Å². The predicted octanol–water partition coefficient (Wildman–Crippen LogP) is 4.16. The van der Waals surface area contributed by atoms with Crippen LogP contribution in [0, 0.1) is 3.95 Å². The third-order valence-corrected chi connectivity index (χ3v) is 6.23. The summed E-state index contributed by atoms with van der Waals surface area (Å²) in [5, 5.41) is 4.44. The van der Waals surface area contributed by atoms with E-state index in [0.29, 0.717) is 3.95 Å². The van der Waals surface area contributed by atoms with Crippen LogP contribution in [0.3, 0.4) is 0 Å². The molecule has 1 aliphatic heterocycles. The first kappa shape index (κ1) is 16.7. The number of para-hydroxylation sites is 1. The zero-order chi connectivity index (χ0) is 16.2. The molecule has 1 saturated heterocycles. The Bertz CT molecular complexity index is 720. The zero-order valence-corrected chi connectivity index (χ0v) is 15.4. The first-order valence-electron chi connectivity index (χ1n) is 7.76. The van der Waals surface area contributed by atoms with Crippen molar-refractivity contribution in [3.05, 3.63) is 34.3 Å². The van der Waals surface area contributed by atoms with Gasteiger partial charge in [-0.2, -0.15) is 0 Å². The van der Waals surface area contributed by atoms with Gasteiger partial charge >= 0.3 is 0 Å². The number of amides is 1. The summed E-state index contributed by atoms with van der Waals surface area (Å²) in [5.74, 6) is 0.210. The lowest BCUT2D eigenvalue weighted by Gasteiger charge is -2.28. The number of aromatic nitrogens is 2. The number of benzene rings is 1. The van der Waals surface area contributed by atoms with E-state index in [1.165, 1.54) is 29.5 Å². The molecule has 1 amide bonds. The van der Waals surface area contributed by atoms with Gasteiger partial charge in [-0.25, -0.2) is 4.68 Å². The van der Waals surface area contributed by atoms with E-state index < -0.39 is 0 Å². The molecular formula is C16H19N3OS3. The molecule has 1 aromatic heterocycles. The Labute approximate surface area is 149 Å². The second-order valence-electron chi connectivity index (χ2n) is 5.53. The van der Waals surface area contributed by atoms with Gasteiger partial charge in [-0.15, -0.1) is 5.10 Å². The van der Waals surface area contributed by atoms with Crippen LogP contribution in [-0.2, 0) is 4.79 Å². The van der Waals surface area contributed by atoms with E-state index in [-0.39, 0.29) is 11.2 Å². The number of carbonyl (C=O) groups excluding carboxylic acids is 1. The van der Waals surface area contributed by atoms with Crippen LogP contribution in [0.4, 0.5) is 0 Å². The highest BCUT2D eigenvalue weighted by Crippen LogP contribution is 2.29. The third kappa shape index (κ3) is 4.02. The Morgan fingerprint density at radius 1 is 1.26 bits per heavy atom. The maximum Gasteiger partial charge on any atom is 0.235 e. The molecule has 0 spiro atoms. The monoisotopic (exact) mass is 365 g/mol. The number of rotatable bonds is 4. The van der Waals surface area contributed by atoms with Crippen molar-refractivity contribution in [3.63, 3.8) is 0 Å². The van der Waals surface area contributed by atoms with Crippen LogP contribution in [0.2, 0.25) is 0 Å². The van der Waals surface area contributed by atoms with E-state index in [9.17, 15) is 4.79 Å². The molecule has 23 heavy (non-hydrogen) atoms. The van der Waals surface area contributed by atoms with Gasteiger partial charge in [0.15, 0.2) is 8.29 Å². The van der Waals surface area contributed by atoms with E-state index in [1.807, 2.05) is 42.2 Å². The quantitative estimate of drug-likeness (QED) is 0.602. The number of nitrogens with zero attached hydrogens (tertiary/aromatic N) is 3. The summed E-state index contributed by atoms with van der Waals surface area (Å²) in [6.45, 7) is 3.73. The summed E-state index contributed by atoms with van der Waals surface area (Å²) in [6, 6.07) is 9.85. The summed E-state index contributed by atoms with van der Waals surface area (Å²) in [6.07, 6.45) is 3.46. The molecule has 122 valence electrons. The lowest BCUT2D eigenvalue weighted by atomic mass is 10.1. The minimum absolute atomic E-state index is 0.127. The summed E-state index contributed by atoms with van der Waals surface area (Å²) in [7, 11) is 0. The lowest BCUT2D eigenvalue weighted by molar-refractivity contribution is -0.131. The lowest BCUT2D eigenvalue weighted by Crippen LogP contribution is -2.40. The normalized spacial score (nSPS) is 16.3. The SMILES string of the molecule is CC(Sc1nn(-c2ccccc2)c(=S)s1)C(=O)N1CCCCC1. The van der Waals surface area contributed by atoms with Crippen molar-refractivity contribution in [2.24, 2.45) is 0 Å². The highest BCUT2D eigenvalue weighted by Gasteiger charge is 2.24. The number of hydrogen-bond acceptors (Lipinski definition) is 5.